The van der Waals surface area contributed by atoms with Crippen LogP contribution in [0.5, 0.6) is 0 Å². The number of carbonyl (C=O) groups is 1. The number of hydrogen-bond acceptors (Lipinski definition) is 5. The number of amides is 1. The average Bonchev–Trinajstić information content (AvgIpc) is 3.43. The fraction of sp³-hybridized carbons (Fsp3) is 0.357. The molecule has 0 unspecified atom stereocenters. The maximum Gasteiger partial charge on any atom is 0.241 e. The largest absolute Gasteiger partial charge is 0.478 e. The lowest BCUT2D eigenvalue weighted by molar-refractivity contribution is -0.133. The number of hydrogen-bond donors (Lipinski definition) is 2. The van der Waals surface area contributed by atoms with E-state index < -0.39 is 16.1 Å². The van der Waals surface area contributed by atoms with Crippen LogP contribution < -0.4 is 4.72 Å². The predicted octanol–water partition coefficient (Wildman–Crippen LogP) is 4.49. The first-order chi connectivity index (χ1) is 17.3. The van der Waals surface area contributed by atoms with Crippen molar-refractivity contribution >= 4 is 32.6 Å². The Morgan fingerprint density at radius 1 is 1.06 bits per heavy atom. The third-order valence-corrected chi connectivity index (χ3v) is 8.26. The van der Waals surface area contributed by atoms with Gasteiger partial charge in [-0.3, -0.25) is 10.2 Å². The average molecular weight is 508 g/mol. The van der Waals surface area contributed by atoms with Gasteiger partial charge in [-0.1, -0.05) is 55.3 Å². The van der Waals surface area contributed by atoms with Gasteiger partial charge in [-0.25, -0.2) is 8.42 Å². The van der Waals surface area contributed by atoms with Gasteiger partial charge in [0, 0.05) is 18.7 Å². The number of rotatable bonds is 9. The number of nitrogens with zero attached hydrogens (tertiary/aromatic N) is 1. The fourth-order valence-corrected chi connectivity index (χ4v) is 5.97. The number of nitrogens with one attached hydrogen (secondary N) is 2. The molecule has 3 aromatic carbocycles. The Kier molecular flexibility index (Phi) is 8.06. The zero-order valence-electron chi connectivity index (χ0n) is 20.7. The molecule has 0 aromatic heterocycles. The van der Waals surface area contributed by atoms with E-state index in [0.717, 1.165) is 42.0 Å². The summed E-state index contributed by atoms with van der Waals surface area (Å²) in [7, 11) is -2.19. The summed E-state index contributed by atoms with van der Waals surface area (Å²) in [4.78, 5) is 15.4. The minimum Gasteiger partial charge on any atom is -0.478 e. The minimum absolute atomic E-state index is 0.0784. The summed E-state index contributed by atoms with van der Waals surface area (Å²) in [5, 5.41) is 9.72. The third kappa shape index (κ3) is 5.94. The van der Waals surface area contributed by atoms with E-state index in [1.54, 1.807) is 42.3 Å². The minimum atomic E-state index is -3.95. The number of likely N-dealkylation sites (N-methyl/N-ethyl adjacent to an activating group) is 1. The van der Waals surface area contributed by atoms with Gasteiger partial charge in [-0.2, -0.15) is 4.72 Å². The van der Waals surface area contributed by atoms with Crippen molar-refractivity contribution in [1.29, 1.82) is 5.41 Å². The Labute approximate surface area is 213 Å². The van der Waals surface area contributed by atoms with Crippen LogP contribution in [0.25, 0.3) is 10.8 Å². The number of ether oxygens (including phenoxy) is 1. The summed E-state index contributed by atoms with van der Waals surface area (Å²) >= 11 is 0. The highest BCUT2D eigenvalue weighted by Crippen LogP contribution is 2.24. The van der Waals surface area contributed by atoms with Gasteiger partial charge >= 0.3 is 0 Å². The lowest BCUT2D eigenvalue weighted by Crippen LogP contribution is -2.50. The molecular weight excluding hydrogens is 474 g/mol. The Balaban J connectivity index is 1.60. The molecule has 0 aliphatic heterocycles. The van der Waals surface area contributed by atoms with Gasteiger partial charge in [0.1, 0.15) is 6.04 Å². The van der Waals surface area contributed by atoms with Gasteiger partial charge in [0.25, 0.3) is 0 Å². The lowest BCUT2D eigenvalue weighted by Gasteiger charge is -2.29. The van der Waals surface area contributed by atoms with Crippen molar-refractivity contribution < 1.29 is 17.9 Å². The normalized spacial score (nSPS) is 15.1. The van der Waals surface area contributed by atoms with E-state index in [1.807, 2.05) is 43.3 Å². The van der Waals surface area contributed by atoms with Crippen molar-refractivity contribution in [3.05, 3.63) is 77.9 Å². The highest BCUT2D eigenvalue weighted by molar-refractivity contribution is 7.89. The molecule has 1 saturated carbocycles. The molecule has 0 bridgehead atoms. The first kappa shape index (κ1) is 25.9. The van der Waals surface area contributed by atoms with Crippen LogP contribution in [-0.2, 0) is 26.0 Å². The van der Waals surface area contributed by atoms with E-state index in [0.29, 0.717) is 12.2 Å². The van der Waals surface area contributed by atoms with E-state index in [2.05, 4.69) is 4.72 Å². The summed E-state index contributed by atoms with van der Waals surface area (Å²) in [6, 6.07) is 18.8. The van der Waals surface area contributed by atoms with Crippen molar-refractivity contribution in [2.24, 2.45) is 0 Å². The van der Waals surface area contributed by atoms with Crippen molar-refractivity contribution in [3.63, 3.8) is 0 Å². The maximum atomic E-state index is 13.6. The van der Waals surface area contributed by atoms with Crippen LogP contribution in [0.3, 0.4) is 0 Å². The molecule has 3 aromatic rings. The second-order valence-electron chi connectivity index (χ2n) is 9.23. The van der Waals surface area contributed by atoms with Crippen LogP contribution in [0.4, 0.5) is 0 Å². The van der Waals surface area contributed by atoms with Crippen molar-refractivity contribution in [1.82, 2.24) is 9.62 Å². The van der Waals surface area contributed by atoms with Crippen LogP contribution in [-0.4, -0.2) is 50.9 Å². The summed E-state index contributed by atoms with van der Waals surface area (Å²) in [6.07, 6.45) is 4.21. The van der Waals surface area contributed by atoms with Gasteiger partial charge < -0.3 is 9.64 Å². The Morgan fingerprint density at radius 3 is 2.39 bits per heavy atom. The van der Waals surface area contributed by atoms with Gasteiger partial charge in [-0.05, 0) is 66.8 Å². The molecule has 0 radical (unpaired) electrons. The molecule has 36 heavy (non-hydrogen) atoms. The quantitative estimate of drug-likeness (QED) is 0.329. The lowest BCUT2D eigenvalue weighted by atomic mass is 10.0. The first-order valence-corrected chi connectivity index (χ1v) is 13.9. The molecule has 190 valence electrons. The standard InChI is InChI=1S/C28H33N3O4S/c1-3-35-27(29)22-14-12-20(13-15-22)18-26(28(32)31(2)24-10-6-7-11-24)30-36(33,34)25-17-16-21-8-4-5-9-23(21)19-25/h4-5,8-9,12-17,19,24,26,29-30H,3,6-7,10-11,18H2,1-2H3/t26-/m0/s1. The number of sulfonamides is 1. The maximum absolute atomic E-state index is 13.6. The SMILES string of the molecule is CCOC(=N)c1ccc(C[C@H](NS(=O)(=O)c2ccc3ccccc3c2)C(=O)N(C)C2CCCC2)cc1. The van der Waals surface area contributed by atoms with E-state index in [1.165, 1.54) is 0 Å². The first-order valence-electron chi connectivity index (χ1n) is 12.4. The van der Waals surface area contributed by atoms with Crippen LogP contribution in [0, 0.1) is 5.41 Å². The number of benzene rings is 3. The molecule has 0 heterocycles. The molecule has 1 amide bonds. The summed E-state index contributed by atoms with van der Waals surface area (Å²) < 4.78 is 34.8. The molecule has 0 saturated heterocycles. The third-order valence-electron chi connectivity index (χ3n) is 6.79. The van der Waals surface area contributed by atoms with E-state index in [9.17, 15) is 13.2 Å². The van der Waals surface area contributed by atoms with Gasteiger partial charge in [0.2, 0.25) is 21.8 Å². The zero-order chi connectivity index (χ0) is 25.7. The Bertz CT molecular complexity index is 1330. The van der Waals surface area contributed by atoms with Crippen LogP contribution in [0.1, 0.15) is 43.7 Å². The van der Waals surface area contributed by atoms with Crippen LogP contribution in [0.2, 0.25) is 0 Å². The second kappa shape index (κ2) is 11.2. The van der Waals surface area contributed by atoms with Gasteiger partial charge in [-0.15, -0.1) is 0 Å². The highest BCUT2D eigenvalue weighted by Gasteiger charge is 2.32. The molecule has 2 N–H and O–H groups in total. The molecule has 4 rings (SSSR count). The van der Waals surface area contributed by atoms with Gasteiger partial charge in [0.15, 0.2) is 0 Å². The molecule has 1 atom stereocenters. The summed E-state index contributed by atoms with van der Waals surface area (Å²) in [5.74, 6) is -0.160. The van der Waals surface area contributed by atoms with E-state index in [-0.39, 0.29) is 29.2 Å². The Hall–Kier alpha value is -3.23. The molecular formula is C28H33N3O4S. The monoisotopic (exact) mass is 507 g/mol. The molecule has 0 spiro atoms. The molecule has 1 fully saturated rings. The zero-order valence-corrected chi connectivity index (χ0v) is 21.6. The highest BCUT2D eigenvalue weighted by atomic mass is 32.2. The van der Waals surface area contributed by atoms with Crippen LogP contribution >= 0.6 is 0 Å². The molecule has 7 nitrogen and oxygen atoms in total. The van der Waals surface area contributed by atoms with Crippen molar-refractivity contribution in [3.8, 4) is 0 Å². The topological polar surface area (TPSA) is 99.6 Å². The van der Waals surface area contributed by atoms with Crippen molar-refractivity contribution in [2.75, 3.05) is 13.7 Å². The molecule has 1 aliphatic rings. The van der Waals surface area contributed by atoms with E-state index >= 15 is 0 Å². The van der Waals surface area contributed by atoms with Crippen molar-refractivity contribution in [2.45, 2.75) is 56.0 Å². The summed E-state index contributed by atoms with van der Waals surface area (Å²) in [6.45, 7) is 2.23. The molecule has 8 heteroatoms. The Morgan fingerprint density at radius 2 is 1.72 bits per heavy atom. The number of carbonyl (C=O) groups excluding carboxylic acids is 1. The second-order valence-corrected chi connectivity index (χ2v) is 10.9. The smallest absolute Gasteiger partial charge is 0.241 e. The number of fused-ring (bicyclic) bond motifs is 1. The van der Waals surface area contributed by atoms with E-state index in [4.69, 9.17) is 10.1 Å². The predicted molar refractivity (Wildman–Crippen MR) is 142 cm³/mol. The summed E-state index contributed by atoms with van der Waals surface area (Å²) in [5.41, 5.74) is 1.42. The van der Waals surface area contributed by atoms with Gasteiger partial charge in [0.05, 0.1) is 11.5 Å². The molecule has 1 aliphatic carbocycles. The van der Waals surface area contributed by atoms with Crippen LogP contribution in [0.15, 0.2) is 71.6 Å². The fourth-order valence-electron chi connectivity index (χ4n) is 4.74.